The highest BCUT2D eigenvalue weighted by atomic mass is 35.5. The Morgan fingerprint density at radius 2 is 2.07 bits per heavy atom. The van der Waals surface area contributed by atoms with E-state index in [1.807, 2.05) is 31.2 Å². The Bertz CT molecular complexity index is 1060. The lowest BCUT2D eigenvalue weighted by Gasteiger charge is -2.07. The second-order valence-corrected chi connectivity index (χ2v) is 8.59. The molecule has 0 bridgehead atoms. The number of anilines is 3. The van der Waals surface area contributed by atoms with Crippen LogP contribution in [-0.4, -0.2) is 21.9 Å². The summed E-state index contributed by atoms with van der Waals surface area (Å²) in [5, 5.41) is 24.9. The Kier molecular flexibility index (Phi) is 6.75. The van der Waals surface area contributed by atoms with Gasteiger partial charge >= 0.3 is 0 Å². The van der Waals surface area contributed by atoms with Crippen molar-refractivity contribution >= 4 is 68.7 Å². The van der Waals surface area contributed by atoms with Gasteiger partial charge in [-0.15, -0.1) is 10.2 Å². The minimum Gasteiger partial charge on any atom is -0.330 e. The number of amides is 1. The molecule has 6 nitrogen and oxygen atoms in total. The molecule has 1 amide bonds. The molecule has 142 valence electrons. The second-order valence-electron chi connectivity index (χ2n) is 5.55. The van der Waals surface area contributed by atoms with Gasteiger partial charge in [-0.2, -0.15) is 5.26 Å². The minimum atomic E-state index is -0.265. The third kappa shape index (κ3) is 5.14. The Balaban J connectivity index is 1.59. The smallest absolute Gasteiger partial charge is 0.234 e. The maximum Gasteiger partial charge on any atom is 0.234 e. The molecule has 0 fully saturated rings. The van der Waals surface area contributed by atoms with Crippen LogP contribution >= 0.6 is 46.3 Å². The van der Waals surface area contributed by atoms with Crippen LogP contribution in [0.3, 0.4) is 0 Å². The summed E-state index contributed by atoms with van der Waals surface area (Å²) in [5.74, 6) is -0.137. The minimum absolute atomic E-state index is 0.127. The van der Waals surface area contributed by atoms with Gasteiger partial charge in [-0.3, -0.25) is 4.79 Å². The van der Waals surface area contributed by atoms with Gasteiger partial charge in [-0.1, -0.05) is 52.4 Å². The zero-order chi connectivity index (χ0) is 20.1. The van der Waals surface area contributed by atoms with Gasteiger partial charge < -0.3 is 10.6 Å². The first kappa shape index (κ1) is 20.4. The lowest BCUT2D eigenvalue weighted by molar-refractivity contribution is -0.113. The van der Waals surface area contributed by atoms with Gasteiger partial charge in [-0.05, 0) is 42.8 Å². The van der Waals surface area contributed by atoms with E-state index in [9.17, 15) is 4.79 Å². The van der Waals surface area contributed by atoms with Crippen molar-refractivity contribution in [1.82, 2.24) is 10.2 Å². The number of nitrogens with zero attached hydrogens (tertiary/aromatic N) is 3. The average Bonchev–Trinajstić information content (AvgIpc) is 3.11. The molecule has 0 aliphatic heterocycles. The van der Waals surface area contributed by atoms with Crippen molar-refractivity contribution < 1.29 is 4.79 Å². The molecule has 10 heteroatoms. The Labute approximate surface area is 179 Å². The first-order valence-corrected chi connectivity index (χ1v) is 10.5. The highest BCUT2D eigenvalue weighted by Crippen LogP contribution is 2.31. The zero-order valence-corrected chi connectivity index (χ0v) is 17.6. The van der Waals surface area contributed by atoms with Crippen LogP contribution in [0.4, 0.5) is 16.5 Å². The zero-order valence-electron chi connectivity index (χ0n) is 14.5. The number of hydrogen-bond donors (Lipinski definition) is 2. The first-order valence-electron chi connectivity index (χ1n) is 7.94. The number of carbonyl (C=O) groups is 1. The van der Waals surface area contributed by atoms with Crippen molar-refractivity contribution in [2.75, 3.05) is 16.4 Å². The largest absolute Gasteiger partial charge is 0.330 e. The fraction of sp³-hybridized carbons (Fsp3) is 0.111. The van der Waals surface area contributed by atoms with Crippen molar-refractivity contribution in [1.29, 1.82) is 5.26 Å². The monoisotopic (exact) mass is 449 g/mol. The van der Waals surface area contributed by atoms with E-state index in [1.54, 1.807) is 18.2 Å². The predicted octanol–water partition coefficient (Wildman–Crippen LogP) is 5.50. The van der Waals surface area contributed by atoms with E-state index in [-0.39, 0.29) is 11.7 Å². The first-order chi connectivity index (χ1) is 13.5. The predicted molar refractivity (Wildman–Crippen MR) is 115 cm³/mol. The lowest BCUT2D eigenvalue weighted by Crippen LogP contribution is -2.14. The molecule has 0 saturated carbocycles. The molecule has 2 N–H and O–H groups in total. The van der Waals surface area contributed by atoms with E-state index in [4.69, 9.17) is 28.5 Å². The van der Waals surface area contributed by atoms with E-state index >= 15 is 0 Å². The molecule has 1 aromatic heterocycles. The van der Waals surface area contributed by atoms with E-state index in [1.165, 1.54) is 23.1 Å². The van der Waals surface area contributed by atoms with Crippen LogP contribution in [0.25, 0.3) is 0 Å². The van der Waals surface area contributed by atoms with Crippen LogP contribution in [0.15, 0.2) is 40.7 Å². The molecule has 0 spiro atoms. The standard InChI is InChI=1S/C18H13Cl2N5OS2/c1-10-13(20)3-2-4-14(10)23-17-24-25-18(28-17)27-9-16(26)22-15-7-12(19)6-5-11(15)8-21/h2-7H,9H2,1H3,(H,22,26)(H,23,24). The highest BCUT2D eigenvalue weighted by Gasteiger charge is 2.12. The van der Waals surface area contributed by atoms with E-state index in [0.717, 1.165) is 11.3 Å². The van der Waals surface area contributed by atoms with E-state index in [0.29, 0.717) is 30.8 Å². The van der Waals surface area contributed by atoms with Gasteiger partial charge in [0.15, 0.2) is 4.34 Å². The van der Waals surface area contributed by atoms with Crippen molar-refractivity contribution in [2.45, 2.75) is 11.3 Å². The average molecular weight is 450 g/mol. The quantitative estimate of drug-likeness (QED) is 0.482. The number of carbonyl (C=O) groups excluding carboxylic acids is 1. The van der Waals surface area contributed by atoms with Crippen LogP contribution < -0.4 is 10.6 Å². The number of thioether (sulfide) groups is 1. The summed E-state index contributed by atoms with van der Waals surface area (Å²) >= 11 is 14.6. The molecule has 2 aromatic carbocycles. The van der Waals surface area contributed by atoms with Gasteiger partial charge in [0.2, 0.25) is 11.0 Å². The number of nitriles is 1. The molecule has 28 heavy (non-hydrogen) atoms. The van der Waals surface area contributed by atoms with Crippen LogP contribution in [0.5, 0.6) is 0 Å². The summed E-state index contributed by atoms with van der Waals surface area (Å²) in [6.45, 7) is 1.91. The third-order valence-corrected chi connectivity index (χ3v) is 6.24. The molecule has 0 radical (unpaired) electrons. The second kappa shape index (κ2) is 9.26. The molecular weight excluding hydrogens is 437 g/mol. The van der Waals surface area contributed by atoms with Crippen LogP contribution in [0, 0.1) is 18.3 Å². The Hall–Kier alpha value is -2.31. The molecule has 3 rings (SSSR count). The lowest BCUT2D eigenvalue weighted by atomic mass is 10.2. The topological polar surface area (TPSA) is 90.7 Å². The molecule has 3 aromatic rings. The molecular formula is C18H13Cl2N5OS2. The van der Waals surface area contributed by atoms with Gasteiger partial charge in [0.1, 0.15) is 6.07 Å². The van der Waals surface area contributed by atoms with Crippen molar-refractivity contribution in [3.8, 4) is 6.07 Å². The van der Waals surface area contributed by atoms with Crippen molar-refractivity contribution in [2.24, 2.45) is 0 Å². The van der Waals surface area contributed by atoms with Crippen LogP contribution in [0.1, 0.15) is 11.1 Å². The number of rotatable bonds is 6. The van der Waals surface area contributed by atoms with Crippen LogP contribution in [-0.2, 0) is 4.79 Å². The van der Waals surface area contributed by atoms with Crippen molar-refractivity contribution in [3.63, 3.8) is 0 Å². The number of nitrogens with one attached hydrogen (secondary N) is 2. The summed E-state index contributed by atoms with van der Waals surface area (Å²) < 4.78 is 0.643. The number of benzene rings is 2. The maximum atomic E-state index is 12.2. The van der Waals surface area contributed by atoms with E-state index < -0.39 is 0 Å². The number of halogens is 2. The SMILES string of the molecule is Cc1c(Cl)cccc1Nc1nnc(SCC(=O)Nc2cc(Cl)ccc2C#N)s1. The summed E-state index contributed by atoms with van der Waals surface area (Å²) in [6, 6.07) is 12.3. The molecule has 0 aliphatic carbocycles. The van der Waals surface area contributed by atoms with Gasteiger partial charge in [0.05, 0.1) is 17.0 Å². The molecule has 1 heterocycles. The Morgan fingerprint density at radius 1 is 1.25 bits per heavy atom. The maximum absolute atomic E-state index is 12.2. The fourth-order valence-electron chi connectivity index (χ4n) is 2.21. The van der Waals surface area contributed by atoms with Crippen molar-refractivity contribution in [3.05, 3.63) is 57.6 Å². The van der Waals surface area contributed by atoms with Crippen LogP contribution in [0.2, 0.25) is 10.0 Å². The summed E-state index contributed by atoms with van der Waals surface area (Å²) in [5.41, 5.74) is 2.50. The summed E-state index contributed by atoms with van der Waals surface area (Å²) in [4.78, 5) is 12.2. The number of hydrogen-bond acceptors (Lipinski definition) is 7. The Morgan fingerprint density at radius 3 is 2.86 bits per heavy atom. The summed E-state index contributed by atoms with van der Waals surface area (Å²) in [7, 11) is 0. The molecule has 0 unspecified atom stereocenters. The summed E-state index contributed by atoms with van der Waals surface area (Å²) in [6.07, 6.45) is 0. The third-order valence-electron chi connectivity index (χ3n) is 3.62. The fourth-order valence-corrected chi connectivity index (χ4v) is 4.12. The highest BCUT2D eigenvalue weighted by molar-refractivity contribution is 8.01. The van der Waals surface area contributed by atoms with Gasteiger partial charge in [0.25, 0.3) is 0 Å². The molecule has 0 aliphatic rings. The number of aromatic nitrogens is 2. The molecule has 0 saturated heterocycles. The molecule has 0 atom stereocenters. The normalized spacial score (nSPS) is 10.4. The van der Waals surface area contributed by atoms with Gasteiger partial charge in [-0.25, -0.2) is 0 Å². The van der Waals surface area contributed by atoms with E-state index in [2.05, 4.69) is 20.8 Å². The van der Waals surface area contributed by atoms with Gasteiger partial charge in [0, 0.05) is 15.7 Å².